The number of nitrogens with zero attached hydrogens (tertiary/aromatic N) is 2. The van der Waals surface area contributed by atoms with Crippen molar-refractivity contribution in [2.75, 3.05) is 5.32 Å². The van der Waals surface area contributed by atoms with Crippen molar-refractivity contribution in [3.63, 3.8) is 0 Å². The van der Waals surface area contributed by atoms with Crippen molar-refractivity contribution in [2.24, 2.45) is 0 Å². The summed E-state index contributed by atoms with van der Waals surface area (Å²) < 4.78 is 5.68. The average molecular weight is 423 g/mol. The maximum atomic E-state index is 12.6. The van der Waals surface area contributed by atoms with Gasteiger partial charge < -0.3 is 9.73 Å². The van der Waals surface area contributed by atoms with Crippen LogP contribution in [-0.4, -0.2) is 10.8 Å². The molecule has 0 saturated carbocycles. The maximum absolute atomic E-state index is 12.6. The number of nitro groups is 1. The van der Waals surface area contributed by atoms with E-state index in [2.05, 4.69) is 5.32 Å². The van der Waals surface area contributed by atoms with Crippen LogP contribution in [0.1, 0.15) is 11.3 Å². The highest BCUT2D eigenvalue weighted by Crippen LogP contribution is 2.32. The number of nitrogens with one attached hydrogen (secondary N) is 1. The zero-order valence-corrected chi connectivity index (χ0v) is 17.0. The molecule has 0 saturated heterocycles. The highest BCUT2D eigenvalue weighted by molar-refractivity contribution is 6.10. The molecule has 4 aromatic rings. The van der Waals surface area contributed by atoms with Gasteiger partial charge in [-0.05, 0) is 53.6 Å². The summed E-state index contributed by atoms with van der Waals surface area (Å²) in [6, 6.07) is 23.0. The van der Waals surface area contributed by atoms with Gasteiger partial charge in [-0.3, -0.25) is 14.9 Å². The number of hydrogen-bond donors (Lipinski definition) is 1. The molecule has 0 aliphatic rings. The first-order chi connectivity index (χ1) is 15.4. The predicted molar refractivity (Wildman–Crippen MR) is 122 cm³/mol. The molecule has 0 unspecified atom stereocenters. The van der Waals surface area contributed by atoms with Crippen molar-refractivity contribution in [1.82, 2.24) is 0 Å². The molecule has 0 aliphatic heterocycles. The van der Waals surface area contributed by atoms with Crippen LogP contribution in [0.25, 0.3) is 28.2 Å². The number of nitriles is 1. The van der Waals surface area contributed by atoms with Gasteiger partial charge in [0.25, 0.3) is 11.6 Å². The molecule has 1 heterocycles. The highest BCUT2D eigenvalue weighted by Gasteiger charge is 2.18. The zero-order chi connectivity index (χ0) is 22.7. The monoisotopic (exact) mass is 423 g/mol. The quantitative estimate of drug-likeness (QED) is 0.187. The largest absolute Gasteiger partial charge is 0.456 e. The van der Waals surface area contributed by atoms with Crippen molar-refractivity contribution in [3.05, 3.63) is 99.8 Å². The van der Waals surface area contributed by atoms with Crippen LogP contribution in [0.4, 0.5) is 11.4 Å². The Hall–Kier alpha value is -4.70. The topological polar surface area (TPSA) is 109 Å². The fraction of sp³-hybridized carbons (Fsp3) is 0.0400. The second kappa shape index (κ2) is 8.58. The number of nitro benzene ring substituents is 1. The molecule has 156 valence electrons. The first-order valence-electron chi connectivity index (χ1n) is 9.72. The van der Waals surface area contributed by atoms with E-state index in [1.807, 2.05) is 42.5 Å². The first-order valence-corrected chi connectivity index (χ1v) is 9.72. The molecular weight excluding hydrogens is 406 g/mol. The Bertz CT molecular complexity index is 1430. The van der Waals surface area contributed by atoms with Crippen molar-refractivity contribution in [1.29, 1.82) is 5.26 Å². The van der Waals surface area contributed by atoms with Gasteiger partial charge in [-0.15, -0.1) is 0 Å². The number of benzene rings is 3. The lowest BCUT2D eigenvalue weighted by Gasteiger charge is -2.06. The molecule has 0 bridgehead atoms. The smallest absolute Gasteiger partial charge is 0.280 e. The van der Waals surface area contributed by atoms with Crippen LogP contribution < -0.4 is 5.32 Å². The summed E-state index contributed by atoms with van der Waals surface area (Å²) in [5.74, 6) is -0.0719. The molecule has 0 atom stereocenters. The molecule has 1 N–H and O–H groups in total. The van der Waals surface area contributed by atoms with Crippen molar-refractivity contribution >= 4 is 34.1 Å². The third-order valence-corrected chi connectivity index (χ3v) is 4.90. The molecule has 1 aromatic heterocycles. The van der Waals surface area contributed by atoms with Gasteiger partial charge in [0.05, 0.1) is 10.5 Å². The summed E-state index contributed by atoms with van der Waals surface area (Å²) in [5, 5.41) is 25.6. The number of carbonyl (C=O) groups excluding carboxylic acids is 1. The van der Waals surface area contributed by atoms with Crippen LogP contribution in [0.2, 0.25) is 0 Å². The summed E-state index contributed by atoms with van der Waals surface area (Å²) in [5.41, 5.74) is 1.40. The number of carbonyl (C=O) groups is 1. The van der Waals surface area contributed by atoms with E-state index in [1.54, 1.807) is 37.3 Å². The minimum atomic E-state index is -0.581. The summed E-state index contributed by atoms with van der Waals surface area (Å²) in [7, 11) is 0. The Morgan fingerprint density at radius 2 is 1.84 bits per heavy atom. The van der Waals surface area contributed by atoms with E-state index in [0.717, 1.165) is 16.3 Å². The highest BCUT2D eigenvalue weighted by atomic mass is 16.6. The molecular formula is C25H17N3O4. The third-order valence-electron chi connectivity index (χ3n) is 4.90. The van der Waals surface area contributed by atoms with Gasteiger partial charge in [-0.2, -0.15) is 5.26 Å². The number of fused-ring (bicyclic) bond motifs is 1. The van der Waals surface area contributed by atoms with Crippen molar-refractivity contribution in [3.8, 4) is 17.4 Å². The van der Waals surface area contributed by atoms with Crippen LogP contribution in [0.5, 0.6) is 0 Å². The Kier molecular flexibility index (Phi) is 5.51. The number of furan rings is 1. The van der Waals surface area contributed by atoms with Gasteiger partial charge in [0.2, 0.25) is 0 Å². The Morgan fingerprint density at radius 3 is 2.59 bits per heavy atom. The van der Waals surface area contributed by atoms with E-state index in [4.69, 9.17) is 4.42 Å². The summed E-state index contributed by atoms with van der Waals surface area (Å²) >= 11 is 0. The van der Waals surface area contributed by atoms with Crippen molar-refractivity contribution < 1.29 is 14.1 Å². The fourth-order valence-electron chi connectivity index (χ4n) is 3.33. The molecule has 7 nitrogen and oxygen atoms in total. The van der Waals surface area contributed by atoms with Gasteiger partial charge in [0.15, 0.2) is 0 Å². The number of anilines is 1. The van der Waals surface area contributed by atoms with Gasteiger partial charge >= 0.3 is 0 Å². The standard InChI is InChI=1S/C25H17N3O4/c1-16-6-10-22(23(12-16)28(30)31)24-11-9-21(32-24)14-19(15-26)25(29)27-20-8-7-17-4-2-3-5-18(17)13-20/h2-14H,1H3,(H,27,29)/b19-14+. The maximum Gasteiger partial charge on any atom is 0.280 e. The molecule has 0 spiro atoms. The second-order valence-electron chi connectivity index (χ2n) is 7.17. The predicted octanol–water partition coefficient (Wildman–Crippen LogP) is 5.86. The summed E-state index contributed by atoms with van der Waals surface area (Å²) in [4.78, 5) is 23.5. The SMILES string of the molecule is Cc1ccc(-c2ccc(/C=C(\C#N)C(=O)Nc3ccc4ccccc4c3)o2)c([N+](=O)[O-])c1. The molecule has 4 rings (SSSR count). The number of aryl methyl sites for hydroxylation is 1. The minimum absolute atomic E-state index is 0.0792. The van der Waals surface area contributed by atoms with Gasteiger partial charge in [-0.1, -0.05) is 36.4 Å². The molecule has 7 heteroatoms. The number of amides is 1. The lowest BCUT2D eigenvalue weighted by molar-refractivity contribution is -0.384. The molecule has 32 heavy (non-hydrogen) atoms. The van der Waals surface area contributed by atoms with E-state index < -0.39 is 10.8 Å². The normalized spacial score (nSPS) is 11.2. The minimum Gasteiger partial charge on any atom is -0.456 e. The second-order valence-corrected chi connectivity index (χ2v) is 7.17. The summed E-state index contributed by atoms with van der Waals surface area (Å²) in [6.07, 6.45) is 1.31. The fourth-order valence-corrected chi connectivity index (χ4v) is 3.33. The molecule has 0 radical (unpaired) electrons. The molecule has 0 fully saturated rings. The van der Waals surface area contributed by atoms with Crippen LogP contribution in [0.15, 0.2) is 82.8 Å². The van der Waals surface area contributed by atoms with E-state index in [9.17, 15) is 20.2 Å². The number of hydrogen-bond acceptors (Lipinski definition) is 5. The van der Waals surface area contributed by atoms with Crippen LogP contribution >= 0.6 is 0 Å². The molecule has 0 aliphatic carbocycles. The lowest BCUT2D eigenvalue weighted by atomic mass is 10.1. The van der Waals surface area contributed by atoms with Gasteiger partial charge in [0, 0.05) is 17.8 Å². The first kappa shape index (κ1) is 20.6. The number of rotatable bonds is 5. The Morgan fingerprint density at radius 1 is 1.06 bits per heavy atom. The van der Waals surface area contributed by atoms with Gasteiger partial charge in [-0.25, -0.2) is 0 Å². The van der Waals surface area contributed by atoms with E-state index in [-0.39, 0.29) is 22.8 Å². The van der Waals surface area contributed by atoms with E-state index in [0.29, 0.717) is 11.3 Å². The third kappa shape index (κ3) is 4.25. The average Bonchev–Trinajstić information content (AvgIpc) is 3.25. The van der Waals surface area contributed by atoms with Crippen LogP contribution in [-0.2, 0) is 4.79 Å². The van der Waals surface area contributed by atoms with Crippen molar-refractivity contribution in [2.45, 2.75) is 6.92 Å². The van der Waals surface area contributed by atoms with E-state index >= 15 is 0 Å². The summed E-state index contributed by atoms with van der Waals surface area (Å²) in [6.45, 7) is 1.76. The molecule has 3 aromatic carbocycles. The van der Waals surface area contributed by atoms with Crippen LogP contribution in [0, 0.1) is 28.4 Å². The Balaban J connectivity index is 1.59. The van der Waals surface area contributed by atoms with Gasteiger partial charge in [0.1, 0.15) is 23.2 Å². The Labute approximate surface area is 183 Å². The lowest BCUT2D eigenvalue weighted by Crippen LogP contribution is -2.13. The van der Waals surface area contributed by atoms with E-state index in [1.165, 1.54) is 12.1 Å². The molecule has 1 amide bonds. The van der Waals surface area contributed by atoms with Crippen LogP contribution in [0.3, 0.4) is 0 Å². The zero-order valence-electron chi connectivity index (χ0n) is 17.0.